The van der Waals surface area contributed by atoms with Crippen molar-refractivity contribution in [2.45, 2.75) is 13.0 Å². The van der Waals surface area contributed by atoms with Crippen LogP contribution in [0, 0.1) is 0 Å². The Kier molecular flexibility index (Phi) is 2.09. The zero-order valence-corrected chi connectivity index (χ0v) is 8.58. The Labute approximate surface area is 83.5 Å². The summed E-state index contributed by atoms with van der Waals surface area (Å²) in [5.41, 5.74) is 1.26. The number of aromatic nitrogens is 1. The molecular formula is C9H8BrNO2. The van der Waals surface area contributed by atoms with E-state index in [9.17, 15) is 5.11 Å². The van der Waals surface area contributed by atoms with Crippen LogP contribution in [0.3, 0.4) is 0 Å². The molecule has 0 aliphatic carbocycles. The van der Waals surface area contributed by atoms with Crippen LogP contribution < -0.4 is 0 Å². The van der Waals surface area contributed by atoms with Crippen LogP contribution in [-0.4, -0.2) is 10.3 Å². The van der Waals surface area contributed by atoms with Gasteiger partial charge in [0.15, 0.2) is 5.58 Å². The van der Waals surface area contributed by atoms with Gasteiger partial charge >= 0.3 is 0 Å². The van der Waals surface area contributed by atoms with Gasteiger partial charge in [0.1, 0.15) is 5.69 Å². The number of aliphatic hydroxyl groups is 1. The lowest BCUT2D eigenvalue weighted by Gasteiger charge is -1.97. The Bertz CT molecular complexity index is 436. The average molecular weight is 242 g/mol. The summed E-state index contributed by atoms with van der Waals surface area (Å²) in [5.74, 6) is 0. The zero-order chi connectivity index (χ0) is 9.42. The van der Waals surface area contributed by atoms with E-state index in [-0.39, 0.29) is 0 Å². The van der Waals surface area contributed by atoms with Crippen molar-refractivity contribution >= 4 is 26.9 Å². The normalized spacial score (nSPS) is 13.5. The quantitative estimate of drug-likeness (QED) is 0.836. The summed E-state index contributed by atoms with van der Waals surface area (Å²) in [6.45, 7) is 1.66. The number of nitrogens with zero attached hydrogens (tertiary/aromatic N) is 1. The first kappa shape index (κ1) is 8.72. The third kappa shape index (κ3) is 1.36. The molecule has 0 saturated carbocycles. The summed E-state index contributed by atoms with van der Waals surface area (Å²) in [5, 5.41) is 14.0. The van der Waals surface area contributed by atoms with Gasteiger partial charge in [-0.15, -0.1) is 0 Å². The van der Waals surface area contributed by atoms with Crippen LogP contribution in [0.5, 0.6) is 0 Å². The molecule has 0 bridgehead atoms. The summed E-state index contributed by atoms with van der Waals surface area (Å²) in [4.78, 5) is 0. The molecule has 1 aromatic heterocycles. The lowest BCUT2D eigenvalue weighted by Crippen LogP contribution is -1.90. The second-order valence-electron chi connectivity index (χ2n) is 2.86. The summed E-state index contributed by atoms with van der Waals surface area (Å²) in [6.07, 6.45) is -0.601. The second kappa shape index (κ2) is 3.12. The molecule has 1 unspecified atom stereocenters. The molecule has 0 aliphatic heterocycles. The molecule has 3 nitrogen and oxygen atoms in total. The standard InChI is InChI=1S/C9H8BrNO2/c1-5(12)8-6-3-2-4-7(10)9(6)13-11-8/h2-5,12H,1H3. The number of aliphatic hydroxyl groups excluding tert-OH is 1. The van der Waals surface area contributed by atoms with E-state index < -0.39 is 6.10 Å². The van der Waals surface area contributed by atoms with Crippen LogP contribution >= 0.6 is 15.9 Å². The highest BCUT2D eigenvalue weighted by atomic mass is 79.9. The maximum Gasteiger partial charge on any atom is 0.181 e. The van der Waals surface area contributed by atoms with Crippen LogP contribution in [0.1, 0.15) is 18.7 Å². The molecule has 0 amide bonds. The molecule has 0 spiro atoms. The maximum atomic E-state index is 9.36. The van der Waals surface area contributed by atoms with Gasteiger partial charge in [-0.1, -0.05) is 11.2 Å². The summed E-state index contributed by atoms with van der Waals surface area (Å²) >= 11 is 3.34. The van der Waals surface area contributed by atoms with Gasteiger partial charge in [-0.2, -0.15) is 0 Å². The molecule has 4 heteroatoms. The molecule has 0 saturated heterocycles. The highest BCUT2D eigenvalue weighted by Gasteiger charge is 2.13. The van der Waals surface area contributed by atoms with Crippen molar-refractivity contribution in [3.8, 4) is 0 Å². The molecule has 0 fully saturated rings. The number of benzene rings is 1. The van der Waals surface area contributed by atoms with Crippen molar-refractivity contribution in [3.63, 3.8) is 0 Å². The summed E-state index contributed by atoms with van der Waals surface area (Å²) in [7, 11) is 0. The highest BCUT2D eigenvalue weighted by Crippen LogP contribution is 2.28. The smallest absolute Gasteiger partial charge is 0.181 e. The first-order valence-electron chi connectivity index (χ1n) is 3.92. The predicted octanol–water partition coefficient (Wildman–Crippen LogP) is 2.64. The molecule has 68 valence electrons. The molecule has 2 aromatic rings. The van der Waals surface area contributed by atoms with E-state index in [0.717, 1.165) is 9.86 Å². The van der Waals surface area contributed by atoms with Crippen LogP contribution in [0.15, 0.2) is 27.2 Å². The first-order chi connectivity index (χ1) is 6.20. The Balaban J connectivity index is 2.75. The number of rotatable bonds is 1. The molecular weight excluding hydrogens is 234 g/mol. The van der Waals surface area contributed by atoms with Gasteiger partial charge in [0.25, 0.3) is 0 Å². The van der Waals surface area contributed by atoms with E-state index in [4.69, 9.17) is 4.52 Å². The zero-order valence-electron chi connectivity index (χ0n) is 6.99. The average Bonchev–Trinajstić information content (AvgIpc) is 2.48. The lowest BCUT2D eigenvalue weighted by molar-refractivity contribution is 0.189. The highest BCUT2D eigenvalue weighted by molar-refractivity contribution is 9.10. The largest absolute Gasteiger partial charge is 0.387 e. The van der Waals surface area contributed by atoms with Gasteiger partial charge in [0.05, 0.1) is 10.6 Å². The van der Waals surface area contributed by atoms with Gasteiger partial charge < -0.3 is 9.63 Å². The molecule has 1 heterocycles. The first-order valence-corrected chi connectivity index (χ1v) is 4.71. The van der Waals surface area contributed by atoms with E-state index in [0.29, 0.717) is 11.3 Å². The Hall–Kier alpha value is -0.870. The van der Waals surface area contributed by atoms with E-state index in [1.165, 1.54) is 0 Å². The van der Waals surface area contributed by atoms with Crippen LogP contribution in [0.4, 0.5) is 0 Å². The fraction of sp³-hybridized carbons (Fsp3) is 0.222. The van der Waals surface area contributed by atoms with E-state index >= 15 is 0 Å². The minimum Gasteiger partial charge on any atom is -0.387 e. The number of para-hydroxylation sites is 1. The summed E-state index contributed by atoms with van der Waals surface area (Å²) < 4.78 is 5.94. The Morgan fingerprint density at radius 1 is 1.54 bits per heavy atom. The number of hydrogen-bond donors (Lipinski definition) is 1. The van der Waals surface area contributed by atoms with Crippen LogP contribution in [-0.2, 0) is 0 Å². The van der Waals surface area contributed by atoms with Gasteiger partial charge in [-0.3, -0.25) is 0 Å². The molecule has 0 aliphatic rings. The third-order valence-corrected chi connectivity index (χ3v) is 2.50. The van der Waals surface area contributed by atoms with Gasteiger partial charge in [-0.05, 0) is 35.0 Å². The summed E-state index contributed by atoms with van der Waals surface area (Å²) in [6, 6.07) is 5.63. The van der Waals surface area contributed by atoms with E-state index in [1.807, 2.05) is 18.2 Å². The minimum atomic E-state index is -0.601. The number of halogens is 1. The fourth-order valence-corrected chi connectivity index (χ4v) is 1.69. The topological polar surface area (TPSA) is 46.3 Å². The molecule has 13 heavy (non-hydrogen) atoms. The van der Waals surface area contributed by atoms with Gasteiger partial charge in [-0.25, -0.2) is 0 Å². The molecule has 1 N–H and O–H groups in total. The van der Waals surface area contributed by atoms with Crippen molar-refractivity contribution in [1.29, 1.82) is 0 Å². The van der Waals surface area contributed by atoms with Crippen molar-refractivity contribution < 1.29 is 9.63 Å². The SMILES string of the molecule is CC(O)c1noc2c(Br)cccc12. The monoisotopic (exact) mass is 241 g/mol. The fourth-order valence-electron chi connectivity index (χ4n) is 1.25. The third-order valence-electron chi connectivity index (χ3n) is 1.87. The molecule has 0 radical (unpaired) electrons. The van der Waals surface area contributed by atoms with Crippen molar-refractivity contribution in [2.24, 2.45) is 0 Å². The van der Waals surface area contributed by atoms with Crippen LogP contribution in [0.2, 0.25) is 0 Å². The van der Waals surface area contributed by atoms with Gasteiger partial charge in [0, 0.05) is 5.39 Å². The van der Waals surface area contributed by atoms with Crippen LogP contribution in [0.25, 0.3) is 11.0 Å². The lowest BCUT2D eigenvalue weighted by atomic mass is 10.1. The predicted molar refractivity (Wildman–Crippen MR) is 52.3 cm³/mol. The van der Waals surface area contributed by atoms with E-state index in [1.54, 1.807) is 6.92 Å². The Morgan fingerprint density at radius 3 is 3.00 bits per heavy atom. The van der Waals surface area contributed by atoms with Crippen molar-refractivity contribution in [3.05, 3.63) is 28.4 Å². The van der Waals surface area contributed by atoms with Gasteiger partial charge in [0.2, 0.25) is 0 Å². The minimum absolute atomic E-state index is 0.580. The number of hydrogen-bond acceptors (Lipinski definition) is 3. The van der Waals surface area contributed by atoms with Crippen molar-refractivity contribution in [2.75, 3.05) is 0 Å². The second-order valence-corrected chi connectivity index (χ2v) is 3.71. The van der Waals surface area contributed by atoms with Crippen molar-refractivity contribution in [1.82, 2.24) is 5.16 Å². The molecule has 2 rings (SSSR count). The maximum absolute atomic E-state index is 9.36. The van der Waals surface area contributed by atoms with E-state index in [2.05, 4.69) is 21.1 Å². The number of fused-ring (bicyclic) bond motifs is 1. The Morgan fingerprint density at radius 2 is 2.31 bits per heavy atom. The molecule has 1 atom stereocenters. The molecule has 1 aromatic carbocycles.